The molecule has 4 fully saturated rings. The molecular weight excluding hydrogens is 332 g/mol. The lowest BCUT2D eigenvalue weighted by Crippen LogP contribution is -2.48. The highest BCUT2D eigenvalue weighted by molar-refractivity contribution is 5.29. The van der Waals surface area contributed by atoms with Crippen molar-refractivity contribution >= 4 is 0 Å². The quantitative estimate of drug-likeness (QED) is 0.462. The third-order valence-electron chi connectivity index (χ3n) is 7.52. The minimum absolute atomic E-state index is 0.115. The van der Waals surface area contributed by atoms with E-state index in [2.05, 4.69) is 52.0 Å². The van der Waals surface area contributed by atoms with Crippen molar-refractivity contribution in [2.75, 3.05) is 0 Å². The summed E-state index contributed by atoms with van der Waals surface area (Å²) >= 11 is 0. The SMILES string of the molecule is CCC(C)c1ccc(OC(CC23CC4CC(CC(C4)C2)C3)OC(C)C)cc1. The van der Waals surface area contributed by atoms with Gasteiger partial charge in [-0.1, -0.05) is 26.0 Å². The second-order valence-corrected chi connectivity index (χ2v) is 10.2. The van der Waals surface area contributed by atoms with Crippen molar-refractivity contribution in [2.24, 2.45) is 23.2 Å². The molecule has 0 amide bonds. The predicted octanol–water partition coefficient (Wildman–Crippen LogP) is 6.94. The summed E-state index contributed by atoms with van der Waals surface area (Å²) in [5.41, 5.74) is 1.87. The first kappa shape index (κ1) is 19.3. The van der Waals surface area contributed by atoms with Crippen molar-refractivity contribution in [3.8, 4) is 5.75 Å². The zero-order valence-electron chi connectivity index (χ0n) is 17.7. The fourth-order valence-electron chi connectivity index (χ4n) is 6.58. The molecule has 0 N–H and O–H groups in total. The highest BCUT2D eigenvalue weighted by Crippen LogP contribution is 2.61. The van der Waals surface area contributed by atoms with Crippen LogP contribution < -0.4 is 4.74 Å². The summed E-state index contributed by atoms with van der Waals surface area (Å²) in [4.78, 5) is 0. The molecule has 1 aromatic carbocycles. The van der Waals surface area contributed by atoms with Crippen LogP contribution in [0.3, 0.4) is 0 Å². The Morgan fingerprint density at radius 2 is 1.48 bits per heavy atom. The number of hydrogen-bond donors (Lipinski definition) is 0. The van der Waals surface area contributed by atoms with Gasteiger partial charge in [0.05, 0.1) is 6.10 Å². The van der Waals surface area contributed by atoms with Gasteiger partial charge in [-0.25, -0.2) is 0 Å². The monoisotopic (exact) mass is 370 g/mol. The fraction of sp³-hybridized carbons (Fsp3) is 0.760. The van der Waals surface area contributed by atoms with Crippen LogP contribution in [0.4, 0.5) is 0 Å². The fourth-order valence-corrected chi connectivity index (χ4v) is 6.58. The van der Waals surface area contributed by atoms with E-state index in [9.17, 15) is 0 Å². The lowest BCUT2D eigenvalue weighted by atomic mass is 9.49. The van der Waals surface area contributed by atoms with Crippen LogP contribution in [0.1, 0.15) is 90.5 Å². The Morgan fingerprint density at radius 3 is 1.96 bits per heavy atom. The first-order valence-corrected chi connectivity index (χ1v) is 11.4. The average molecular weight is 371 g/mol. The van der Waals surface area contributed by atoms with Gasteiger partial charge >= 0.3 is 0 Å². The standard InChI is InChI=1S/C25H38O2/c1-5-18(4)22-6-8-23(9-7-22)27-24(26-17(2)3)16-25-13-19-10-20(14-25)12-21(11-19)15-25/h6-9,17-21,24H,5,10-16H2,1-4H3. The molecule has 0 saturated heterocycles. The van der Waals surface area contributed by atoms with Crippen molar-refractivity contribution in [1.82, 2.24) is 0 Å². The number of hydrogen-bond acceptors (Lipinski definition) is 2. The van der Waals surface area contributed by atoms with E-state index in [4.69, 9.17) is 9.47 Å². The van der Waals surface area contributed by atoms with E-state index in [1.807, 2.05) is 0 Å². The van der Waals surface area contributed by atoms with Gasteiger partial charge in [0.2, 0.25) is 6.29 Å². The topological polar surface area (TPSA) is 18.5 Å². The zero-order chi connectivity index (χ0) is 19.0. The molecule has 1 aromatic rings. The molecule has 4 saturated carbocycles. The number of ether oxygens (including phenoxy) is 2. The van der Waals surface area contributed by atoms with Crippen LogP contribution in [0.2, 0.25) is 0 Å². The van der Waals surface area contributed by atoms with Crippen molar-refractivity contribution in [2.45, 2.75) is 97.4 Å². The first-order chi connectivity index (χ1) is 12.9. The highest BCUT2D eigenvalue weighted by atomic mass is 16.7. The molecular formula is C25H38O2. The van der Waals surface area contributed by atoms with E-state index in [1.165, 1.54) is 50.5 Å². The van der Waals surface area contributed by atoms with Crippen molar-refractivity contribution in [3.63, 3.8) is 0 Å². The maximum absolute atomic E-state index is 6.41. The Balaban J connectivity index is 1.45. The molecule has 0 radical (unpaired) electrons. The lowest BCUT2D eigenvalue weighted by Gasteiger charge is -2.57. The summed E-state index contributed by atoms with van der Waals surface area (Å²) in [5, 5.41) is 0. The van der Waals surface area contributed by atoms with Crippen molar-refractivity contribution in [1.29, 1.82) is 0 Å². The van der Waals surface area contributed by atoms with Gasteiger partial charge in [0.1, 0.15) is 5.75 Å². The molecule has 4 aliphatic carbocycles. The minimum Gasteiger partial charge on any atom is -0.465 e. The average Bonchev–Trinajstić information content (AvgIpc) is 2.59. The van der Waals surface area contributed by atoms with Crippen molar-refractivity contribution in [3.05, 3.63) is 29.8 Å². The predicted molar refractivity (Wildman–Crippen MR) is 111 cm³/mol. The summed E-state index contributed by atoms with van der Waals surface area (Å²) < 4.78 is 12.7. The molecule has 2 heteroatoms. The second kappa shape index (κ2) is 7.78. The van der Waals surface area contributed by atoms with Crippen molar-refractivity contribution < 1.29 is 9.47 Å². The van der Waals surface area contributed by atoms with E-state index >= 15 is 0 Å². The maximum Gasteiger partial charge on any atom is 0.200 e. The Bertz CT molecular complexity index is 582. The Morgan fingerprint density at radius 1 is 0.926 bits per heavy atom. The van der Waals surface area contributed by atoms with E-state index in [0.29, 0.717) is 11.3 Å². The molecule has 2 unspecified atom stereocenters. The van der Waals surface area contributed by atoms with Gasteiger partial charge in [0, 0.05) is 6.42 Å². The summed E-state index contributed by atoms with van der Waals surface area (Å²) in [6, 6.07) is 8.72. The van der Waals surface area contributed by atoms with Crippen LogP contribution >= 0.6 is 0 Å². The summed E-state index contributed by atoms with van der Waals surface area (Å²) in [6.45, 7) is 8.78. The molecule has 150 valence electrons. The molecule has 4 aliphatic rings. The lowest BCUT2D eigenvalue weighted by molar-refractivity contribution is -0.157. The molecule has 27 heavy (non-hydrogen) atoms. The van der Waals surface area contributed by atoms with E-state index in [1.54, 1.807) is 0 Å². The number of benzene rings is 1. The summed E-state index contributed by atoms with van der Waals surface area (Å²) in [7, 11) is 0. The van der Waals surface area contributed by atoms with Crippen LogP contribution in [0.15, 0.2) is 24.3 Å². The first-order valence-electron chi connectivity index (χ1n) is 11.4. The van der Waals surface area contributed by atoms with E-state index < -0.39 is 0 Å². The Hall–Kier alpha value is -1.02. The van der Waals surface area contributed by atoms with Crippen LogP contribution in [0, 0.1) is 23.2 Å². The van der Waals surface area contributed by atoms with Crippen LogP contribution in [0.25, 0.3) is 0 Å². The third kappa shape index (κ3) is 4.36. The van der Waals surface area contributed by atoms with Gasteiger partial charge in [-0.15, -0.1) is 0 Å². The summed E-state index contributed by atoms with van der Waals surface area (Å²) in [6.07, 6.45) is 11.0. The van der Waals surface area contributed by atoms with Gasteiger partial charge in [-0.05, 0) is 106 Å². The third-order valence-corrected chi connectivity index (χ3v) is 7.52. The van der Waals surface area contributed by atoms with Gasteiger partial charge < -0.3 is 9.47 Å². The molecule has 0 aromatic heterocycles. The largest absolute Gasteiger partial charge is 0.465 e. The molecule has 0 spiro atoms. The Kier molecular flexibility index (Phi) is 5.56. The van der Waals surface area contributed by atoms with Gasteiger partial charge in [-0.3, -0.25) is 0 Å². The molecule has 4 bridgehead atoms. The van der Waals surface area contributed by atoms with Gasteiger partial charge in [0.15, 0.2) is 0 Å². The Labute approximate surface area is 166 Å². The zero-order valence-corrected chi connectivity index (χ0v) is 17.7. The van der Waals surface area contributed by atoms with Crippen LogP contribution in [-0.4, -0.2) is 12.4 Å². The highest BCUT2D eigenvalue weighted by Gasteiger charge is 2.51. The van der Waals surface area contributed by atoms with Gasteiger partial charge in [-0.2, -0.15) is 0 Å². The van der Waals surface area contributed by atoms with E-state index in [0.717, 1.165) is 29.9 Å². The smallest absolute Gasteiger partial charge is 0.200 e. The maximum atomic E-state index is 6.41. The van der Waals surface area contributed by atoms with E-state index in [-0.39, 0.29) is 12.4 Å². The van der Waals surface area contributed by atoms with Crippen LogP contribution in [-0.2, 0) is 4.74 Å². The minimum atomic E-state index is -0.115. The molecule has 0 heterocycles. The number of rotatable bonds is 8. The molecule has 2 nitrogen and oxygen atoms in total. The molecule has 0 aliphatic heterocycles. The second-order valence-electron chi connectivity index (χ2n) is 10.2. The van der Waals surface area contributed by atoms with Gasteiger partial charge in [0.25, 0.3) is 0 Å². The molecule has 5 rings (SSSR count). The normalized spacial score (nSPS) is 34.0. The van der Waals surface area contributed by atoms with Crippen LogP contribution in [0.5, 0.6) is 5.75 Å². The molecule has 2 atom stereocenters. The summed E-state index contributed by atoms with van der Waals surface area (Å²) in [5.74, 6) is 4.49.